The lowest BCUT2D eigenvalue weighted by molar-refractivity contribution is -0.129. The van der Waals surface area contributed by atoms with E-state index < -0.39 is 0 Å². The van der Waals surface area contributed by atoms with E-state index in [1.165, 1.54) is 64.2 Å². The molecular weight excluding hydrogens is 364 g/mol. The zero-order valence-electron chi connectivity index (χ0n) is 21.1. The van der Waals surface area contributed by atoms with E-state index >= 15 is 0 Å². The van der Waals surface area contributed by atoms with E-state index in [4.69, 9.17) is 0 Å². The lowest BCUT2D eigenvalue weighted by atomic mass is 9.44. The fraction of sp³-hybridized carbons (Fsp3) is 1.00. The molecule has 4 saturated carbocycles. The maximum absolute atomic E-state index is 10.3. The average Bonchev–Trinajstić information content (AvgIpc) is 3.06. The van der Waals surface area contributed by atoms with Gasteiger partial charge in [-0.1, -0.05) is 54.4 Å². The second kappa shape index (κ2) is 8.72. The molecule has 0 aliphatic heterocycles. The van der Waals surface area contributed by atoms with Gasteiger partial charge in [-0.05, 0) is 122 Å². The highest BCUT2D eigenvalue weighted by Crippen LogP contribution is 2.68. The summed E-state index contributed by atoms with van der Waals surface area (Å²) in [6.07, 6.45) is 16.5. The van der Waals surface area contributed by atoms with E-state index in [1.54, 1.807) is 0 Å². The highest BCUT2D eigenvalue weighted by Gasteiger charge is 2.60. The lowest BCUT2D eigenvalue weighted by Gasteiger charge is -2.61. The number of hydrogen-bond donors (Lipinski definition) is 1. The molecule has 0 aromatic rings. The van der Waals surface area contributed by atoms with Gasteiger partial charge < -0.3 is 5.11 Å². The Morgan fingerprint density at radius 1 is 0.833 bits per heavy atom. The van der Waals surface area contributed by atoms with Gasteiger partial charge in [-0.2, -0.15) is 0 Å². The van der Waals surface area contributed by atoms with E-state index in [0.29, 0.717) is 10.8 Å². The van der Waals surface area contributed by atoms with Crippen LogP contribution in [-0.4, -0.2) is 11.2 Å². The quantitative estimate of drug-likeness (QED) is 0.463. The Morgan fingerprint density at radius 2 is 1.53 bits per heavy atom. The van der Waals surface area contributed by atoms with Gasteiger partial charge in [0, 0.05) is 0 Å². The number of aliphatic hydroxyl groups excluding tert-OH is 1. The molecule has 0 unspecified atom stereocenters. The van der Waals surface area contributed by atoms with Gasteiger partial charge in [0.15, 0.2) is 0 Å². The zero-order chi connectivity index (χ0) is 21.7. The molecular formula is C29H52O. The summed E-state index contributed by atoms with van der Waals surface area (Å²) in [7, 11) is 0. The molecule has 30 heavy (non-hydrogen) atoms. The maximum atomic E-state index is 10.3. The van der Waals surface area contributed by atoms with Crippen molar-refractivity contribution in [3.05, 3.63) is 0 Å². The molecule has 0 aromatic carbocycles. The maximum Gasteiger partial charge on any atom is 0.0543 e. The summed E-state index contributed by atoms with van der Waals surface area (Å²) >= 11 is 0. The molecule has 4 aliphatic rings. The Labute approximate surface area is 188 Å². The monoisotopic (exact) mass is 416 g/mol. The van der Waals surface area contributed by atoms with Crippen LogP contribution in [-0.2, 0) is 0 Å². The SMILES string of the molecule is CC[C@H](CC[C@@H](C)[C@H]1CC[C@H]2[C@@H]3CC[C@@H]4C[C@H](O)CC[C@]4(C)[C@H]3CC[C@]12C)C(C)C. The summed E-state index contributed by atoms with van der Waals surface area (Å²) in [5.74, 6) is 7.34. The highest BCUT2D eigenvalue weighted by atomic mass is 16.3. The predicted octanol–water partition coefficient (Wildman–Crippen LogP) is 8.10. The van der Waals surface area contributed by atoms with Crippen molar-refractivity contribution in [3.8, 4) is 0 Å². The van der Waals surface area contributed by atoms with E-state index in [-0.39, 0.29) is 6.10 Å². The molecule has 4 aliphatic carbocycles. The summed E-state index contributed by atoms with van der Waals surface area (Å²) in [5, 5.41) is 10.3. The van der Waals surface area contributed by atoms with Crippen molar-refractivity contribution in [1.29, 1.82) is 0 Å². The number of fused-ring (bicyclic) bond motifs is 5. The van der Waals surface area contributed by atoms with Crippen LogP contribution in [0.5, 0.6) is 0 Å². The standard InChI is InChI=1S/C29H52O/c1-7-21(19(2)3)9-8-20(4)25-12-13-26-24-11-10-22-18-23(30)14-16-28(22,5)27(24)15-17-29(25,26)6/h19-27,30H,7-18H2,1-6H3/t20-,21-,22-,23-,24+,25-,26+,27+,28+,29-/m1/s1. The van der Waals surface area contributed by atoms with Crippen LogP contribution < -0.4 is 0 Å². The van der Waals surface area contributed by atoms with Gasteiger partial charge in [0.2, 0.25) is 0 Å². The van der Waals surface area contributed by atoms with Crippen molar-refractivity contribution in [2.75, 3.05) is 0 Å². The van der Waals surface area contributed by atoms with Crippen molar-refractivity contribution in [3.63, 3.8) is 0 Å². The van der Waals surface area contributed by atoms with E-state index in [2.05, 4.69) is 41.5 Å². The van der Waals surface area contributed by atoms with Crippen molar-refractivity contribution in [2.24, 2.45) is 58.2 Å². The number of aliphatic hydroxyl groups is 1. The number of rotatable bonds is 6. The topological polar surface area (TPSA) is 20.2 Å². The summed E-state index contributed by atoms with van der Waals surface area (Å²) < 4.78 is 0. The lowest BCUT2D eigenvalue weighted by Crippen LogP contribution is -2.54. The molecule has 1 nitrogen and oxygen atoms in total. The second-order valence-electron chi connectivity index (χ2n) is 13.3. The smallest absolute Gasteiger partial charge is 0.0543 e. The van der Waals surface area contributed by atoms with Gasteiger partial charge in [-0.25, -0.2) is 0 Å². The van der Waals surface area contributed by atoms with Gasteiger partial charge >= 0.3 is 0 Å². The van der Waals surface area contributed by atoms with Gasteiger partial charge in [-0.3, -0.25) is 0 Å². The molecule has 0 amide bonds. The van der Waals surface area contributed by atoms with Crippen LogP contribution in [0.25, 0.3) is 0 Å². The van der Waals surface area contributed by atoms with Crippen LogP contribution in [0.1, 0.15) is 119 Å². The van der Waals surface area contributed by atoms with Crippen molar-refractivity contribution < 1.29 is 5.11 Å². The van der Waals surface area contributed by atoms with Gasteiger partial charge in [0.25, 0.3) is 0 Å². The first-order valence-corrected chi connectivity index (χ1v) is 13.9. The van der Waals surface area contributed by atoms with Crippen LogP contribution >= 0.6 is 0 Å². The molecule has 4 fully saturated rings. The Balaban J connectivity index is 1.45. The molecule has 1 heteroatoms. The molecule has 0 aromatic heterocycles. The fourth-order valence-corrected chi connectivity index (χ4v) is 9.90. The van der Waals surface area contributed by atoms with Crippen molar-refractivity contribution in [2.45, 2.75) is 125 Å². The Morgan fingerprint density at radius 3 is 2.23 bits per heavy atom. The van der Waals surface area contributed by atoms with Crippen LogP contribution in [0, 0.1) is 58.2 Å². The predicted molar refractivity (Wildman–Crippen MR) is 128 cm³/mol. The molecule has 0 spiro atoms. The third-order valence-corrected chi connectivity index (χ3v) is 11.9. The van der Waals surface area contributed by atoms with Gasteiger partial charge in [-0.15, -0.1) is 0 Å². The minimum Gasteiger partial charge on any atom is -0.393 e. The van der Waals surface area contributed by atoms with Crippen LogP contribution in [0.4, 0.5) is 0 Å². The second-order valence-corrected chi connectivity index (χ2v) is 13.3. The normalized spacial score (nSPS) is 48.0. The minimum atomic E-state index is -0.0111. The summed E-state index contributed by atoms with van der Waals surface area (Å²) in [5.41, 5.74) is 1.14. The van der Waals surface area contributed by atoms with E-state index in [1.807, 2.05) is 0 Å². The first-order valence-electron chi connectivity index (χ1n) is 13.9. The molecule has 0 heterocycles. The molecule has 0 bridgehead atoms. The average molecular weight is 417 g/mol. The number of hydrogen-bond acceptors (Lipinski definition) is 1. The van der Waals surface area contributed by atoms with E-state index in [9.17, 15) is 5.11 Å². The van der Waals surface area contributed by atoms with Gasteiger partial charge in [0.1, 0.15) is 0 Å². The van der Waals surface area contributed by atoms with E-state index in [0.717, 1.165) is 60.2 Å². The Bertz CT molecular complexity index is 583. The van der Waals surface area contributed by atoms with Crippen molar-refractivity contribution >= 4 is 0 Å². The first kappa shape index (κ1) is 23.1. The third-order valence-electron chi connectivity index (χ3n) is 11.9. The molecule has 174 valence electrons. The minimum absolute atomic E-state index is 0.0111. The molecule has 1 N–H and O–H groups in total. The molecule has 0 radical (unpaired) electrons. The van der Waals surface area contributed by atoms with Crippen LogP contribution in [0.2, 0.25) is 0 Å². The first-order chi connectivity index (χ1) is 14.2. The van der Waals surface area contributed by atoms with Crippen molar-refractivity contribution in [1.82, 2.24) is 0 Å². The zero-order valence-corrected chi connectivity index (χ0v) is 21.1. The molecule has 4 rings (SSSR count). The molecule has 0 saturated heterocycles. The Hall–Kier alpha value is -0.0400. The molecule has 10 atom stereocenters. The summed E-state index contributed by atoms with van der Waals surface area (Å²) in [4.78, 5) is 0. The highest BCUT2D eigenvalue weighted by molar-refractivity contribution is 5.09. The largest absolute Gasteiger partial charge is 0.393 e. The van der Waals surface area contributed by atoms with Crippen LogP contribution in [0.3, 0.4) is 0 Å². The fourth-order valence-electron chi connectivity index (χ4n) is 9.90. The summed E-state index contributed by atoms with van der Waals surface area (Å²) in [6.45, 7) is 15.2. The van der Waals surface area contributed by atoms with Gasteiger partial charge in [0.05, 0.1) is 6.10 Å². The third kappa shape index (κ3) is 3.82. The van der Waals surface area contributed by atoms with Crippen LogP contribution in [0.15, 0.2) is 0 Å². The summed E-state index contributed by atoms with van der Waals surface area (Å²) in [6, 6.07) is 0. The Kier molecular flexibility index (Phi) is 6.72.